The van der Waals surface area contributed by atoms with Gasteiger partial charge < -0.3 is 4.57 Å². The Kier molecular flexibility index (Phi) is 10.1. The fraction of sp³-hybridized carbons (Fsp3) is 0.571. The fourth-order valence-corrected chi connectivity index (χ4v) is 4.40. The maximum atomic E-state index is 6.05. The summed E-state index contributed by atoms with van der Waals surface area (Å²) >= 11 is 8.15. The molecule has 0 fully saturated rings. The Hall–Kier alpha value is -0.930. The van der Waals surface area contributed by atoms with E-state index in [9.17, 15) is 0 Å². The van der Waals surface area contributed by atoms with Gasteiger partial charge in [0.05, 0.1) is 6.33 Å². The van der Waals surface area contributed by atoms with E-state index in [4.69, 9.17) is 11.6 Å². The minimum Gasteiger partial charge on any atom is -0.337 e. The topological polar surface area (TPSA) is 17.8 Å². The van der Waals surface area contributed by atoms with E-state index in [1.54, 1.807) is 0 Å². The first-order valence-electron chi connectivity index (χ1n) is 9.62. The summed E-state index contributed by atoms with van der Waals surface area (Å²) in [5, 5.41) is 1.34. The van der Waals surface area contributed by atoms with E-state index >= 15 is 0 Å². The lowest BCUT2D eigenvalue weighted by atomic mass is 10.1. The minimum atomic E-state index is 0.528. The van der Waals surface area contributed by atoms with E-state index in [0.29, 0.717) is 5.25 Å². The second-order valence-electron chi connectivity index (χ2n) is 6.62. The van der Waals surface area contributed by atoms with Crippen molar-refractivity contribution in [1.82, 2.24) is 9.55 Å². The number of hydrogen-bond acceptors (Lipinski definition) is 2. The quantitative estimate of drug-likeness (QED) is 0.344. The van der Waals surface area contributed by atoms with Crippen molar-refractivity contribution in [2.75, 3.05) is 5.75 Å². The molecular weight excluding hydrogens is 348 g/mol. The average Bonchev–Trinajstić information content (AvgIpc) is 3.14. The van der Waals surface area contributed by atoms with E-state index in [2.05, 4.69) is 40.4 Å². The van der Waals surface area contributed by atoms with E-state index < -0.39 is 0 Å². The molecule has 0 saturated carbocycles. The average molecular weight is 379 g/mol. The first-order valence-corrected chi connectivity index (χ1v) is 11.0. The van der Waals surface area contributed by atoms with Crippen molar-refractivity contribution in [3.8, 4) is 0 Å². The number of nitrogens with zero attached hydrogens (tertiary/aromatic N) is 2. The van der Waals surface area contributed by atoms with Crippen LogP contribution in [0.5, 0.6) is 0 Å². The zero-order valence-electron chi connectivity index (χ0n) is 15.4. The van der Waals surface area contributed by atoms with Crippen LogP contribution in [-0.4, -0.2) is 15.3 Å². The van der Waals surface area contributed by atoms with Crippen molar-refractivity contribution in [1.29, 1.82) is 0 Å². The molecule has 25 heavy (non-hydrogen) atoms. The smallest absolute Gasteiger partial charge is 0.0945 e. The third-order valence-corrected chi connectivity index (χ3v) is 6.20. The van der Waals surface area contributed by atoms with Crippen LogP contribution in [0.3, 0.4) is 0 Å². The highest BCUT2D eigenvalue weighted by Gasteiger charge is 2.12. The van der Waals surface area contributed by atoms with Crippen molar-refractivity contribution >= 4 is 23.4 Å². The zero-order chi connectivity index (χ0) is 17.7. The molecule has 2 aromatic rings. The molecule has 0 N–H and O–H groups in total. The Bertz CT molecular complexity index is 554. The zero-order valence-corrected chi connectivity index (χ0v) is 16.9. The first-order chi connectivity index (χ1) is 12.3. The molecule has 2 nitrogen and oxygen atoms in total. The molecule has 0 spiro atoms. The summed E-state index contributed by atoms with van der Waals surface area (Å²) in [7, 11) is 0. The lowest BCUT2D eigenvalue weighted by Gasteiger charge is -2.17. The minimum absolute atomic E-state index is 0.528. The highest BCUT2D eigenvalue weighted by molar-refractivity contribution is 7.99. The molecule has 0 amide bonds. The van der Waals surface area contributed by atoms with Gasteiger partial charge in [0.1, 0.15) is 0 Å². The highest BCUT2D eigenvalue weighted by Crippen LogP contribution is 2.34. The van der Waals surface area contributed by atoms with Crippen molar-refractivity contribution in [3.05, 3.63) is 53.6 Å². The van der Waals surface area contributed by atoms with Gasteiger partial charge in [-0.3, -0.25) is 0 Å². The number of halogens is 1. The standard InChI is InChI=1S/C21H31ClN2S/c1-2-3-4-5-6-7-8-17-25-21(13-15-24-16-14-23-18-24)19-9-11-20(22)12-10-19/h9-12,14,16,18,21H,2-8,13,15,17H2,1H3. The second kappa shape index (κ2) is 12.4. The lowest BCUT2D eigenvalue weighted by Crippen LogP contribution is -2.02. The van der Waals surface area contributed by atoms with Gasteiger partial charge in [0.25, 0.3) is 0 Å². The van der Waals surface area contributed by atoms with Gasteiger partial charge in [0.15, 0.2) is 0 Å². The Morgan fingerprint density at radius 3 is 2.44 bits per heavy atom. The summed E-state index contributed by atoms with van der Waals surface area (Å²) < 4.78 is 2.16. The van der Waals surface area contributed by atoms with Gasteiger partial charge in [-0.25, -0.2) is 4.98 Å². The molecule has 138 valence electrons. The van der Waals surface area contributed by atoms with Gasteiger partial charge in [-0.15, -0.1) is 0 Å². The number of hydrogen-bond donors (Lipinski definition) is 0. The Morgan fingerprint density at radius 1 is 1.04 bits per heavy atom. The molecule has 0 bridgehead atoms. The maximum Gasteiger partial charge on any atom is 0.0945 e. The number of thioether (sulfide) groups is 1. The number of unbranched alkanes of at least 4 members (excludes halogenated alkanes) is 6. The van der Waals surface area contributed by atoms with Gasteiger partial charge >= 0.3 is 0 Å². The number of benzene rings is 1. The number of imidazole rings is 1. The largest absolute Gasteiger partial charge is 0.337 e. The molecule has 0 aliphatic rings. The SMILES string of the molecule is CCCCCCCCCSC(CCn1ccnc1)c1ccc(Cl)cc1. The van der Waals surface area contributed by atoms with Gasteiger partial charge in [0.2, 0.25) is 0 Å². The molecule has 1 unspecified atom stereocenters. The molecule has 0 aliphatic heterocycles. The van der Waals surface area contributed by atoms with Gasteiger partial charge in [-0.1, -0.05) is 69.2 Å². The summed E-state index contributed by atoms with van der Waals surface area (Å²) in [5.41, 5.74) is 1.39. The number of aromatic nitrogens is 2. The van der Waals surface area contributed by atoms with Crippen molar-refractivity contribution in [3.63, 3.8) is 0 Å². The molecule has 1 aromatic carbocycles. The first kappa shape index (κ1) is 20.4. The Morgan fingerprint density at radius 2 is 1.76 bits per heavy atom. The maximum absolute atomic E-state index is 6.05. The van der Waals surface area contributed by atoms with Crippen LogP contribution in [0.25, 0.3) is 0 Å². The summed E-state index contributed by atoms with van der Waals surface area (Å²) in [6.45, 7) is 3.29. The Labute approximate surface area is 162 Å². The van der Waals surface area contributed by atoms with E-state index in [1.807, 2.05) is 30.9 Å². The van der Waals surface area contributed by atoms with Crippen LogP contribution in [0, 0.1) is 0 Å². The van der Waals surface area contributed by atoms with Crippen LogP contribution >= 0.6 is 23.4 Å². The van der Waals surface area contributed by atoms with Crippen LogP contribution < -0.4 is 0 Å². The van der Waals surface area contributed by atoms with Crippen molar-refractivity contribution in [2.45, 2.75) is 70.1 Å². The molecular formula is C21H31ClN2S. The second-order valence-corrected chi connectivity index (χ2v) is 8.37. The molecule has 0 saturated heterocycles. The van der Waals surface area contributed by atoms with Gasteiger partial charge in [0, 0.05) is 29.2 Å². The van der Waals surface area contributed by atoms with E-state index in [0.717, 1.165) is 18.0 Å². The normalized spacial score (nSPS) is 12.4. The lowest BCUT2D eigenvalue weighted by molar-refractivity contribution is 0.602. The van der Waals surface area contributed by atoms with Crippen LogP contribution in [0.15, 0.2) is 43.0 Å². The molecule has 1 aromatic heterocycles. The molecule has 0 radical (unpaired) electrons. The molecule has 1 heterocycles. The summed E-state index contributed by atoms with van der Waals surface area (Å²) in [4.78, 5) is 4.14. The summed E-state index contributed by atoms with van der Waals surface area (Å²) in [6.07, 6.45) is 16.5. The molecule has 2 rings (SSSR count). The predicted molar refractivity (Wildman–Crippen MR) is 111 cm³/mol. The van der Waals surface area contributed by atoms with Gasteiger partial charge in [-0.2, -0.15) is 11.8 Å². The summed E-state index contributed by atoms with van der Waals surface area (Å²) in [6, 6.07) is 8.38. The number of rotatable bonds is 13. The van der Waals surface area contributed by atoms with E-state index in [-0.39, 0.29) is 0 Å². The van der Waals surface area contributed by atoms with Crippen molar-refractivity contribution < 1.29 is 0 Å². The third kappa shape index (κ3) is 8.33. The van der Waals surface area contributed by atoms with Crippen molar-refractivity contribution in [2.24, 2.45) is 0 Å². The predicted octanol–water partition coefficient (Wildman–Crippen LogP) is 7.15. The van der Waals surface area contributed by atoms with Crippen LogP contribution in [0.4, 0.5) is 0 Å². The van der Waals surface area contributed by atoms with Crippen LogP contribution in [0.1, 0.15) is 69.1 Å². The summed E-state index contributed by atoms with van der Waals surface area (Å²) in [5.74, 6) is 1.24. The molecule has 1 atom stereocenters. The van der Waals surface area contributed by atoms with E-state index in [1.165, 1.54) is 56.3 Å². The third-order valence-electron chi connectivity index (χ3n) is 4.52. The number of aryl methyl sites for hydroxylation is 1. The fourth-order valence-electron chi connectivity index (χ4n) is 2.99. The molecule has 0 aliphatic carbocycles. The monoisotopic (exact) mass is 378 g/mol. The van der Waals surface area contributed by atoms with Gasteiger partial charge in [-0.05, 0) is 36.3 Å². The molecule has 4 heteroatoms. The Balaban J connectivity index is 1.75. The van der Waals surface area contributed by atoms with Crippen LogP contribution in [0.2, 0.25) is 5.02 Å². The highest BCUT2D eigenvalue weighted by atomic mass is 35.5. The van der Waals surface area contributed by atoms with Crippen LogP contribution in [-0.2, 0) is 6.54 Å².